The molecule has 1 aliphatic heterocycles. The molecule has 4 nitrogen and oxygen atoms in total. The van der Waals surface area contributed by atoms with Gasteiger partial charge < -0.3 is 10.2 Å². The monoisotopic (exact) mass is 342 g/mol. The van der Waals surface area contributed by atoms with Crippen molar-refractivity contribution < 1.29 is 18.0 Å². The summed E-state index contributed by atoms with van der Waals surface area (Å²) in [4.78, 5) is 13.2. The molecule has 0 bridgehead atoms. The smallest absolute Gasteiger partial charge is 0.234 e. The second-order valence-electron chi connectivity index (χ2n) is 6.29. The Kier molecular flexibility index (Phi) is 3.77. The molecule has 1 unspecified atom stereocenters. The van der Waals surface area contributed by atoms with Gasteiger partial charge in [0.2, 0.25) is 5.91 Å². The molecule has 0 radical (unpaired) electrons. The Bertz CT molecular complexity index is 967. The predicted molar refractivity (Wildman–Crippen MR) is 89.6 cm³/mol. The van der Waals surface area contributed by atoms with Crippen molar-refractivity contribution in [3.05, 3.63) is 59.7 Å². The summed E-state index contributed by atoms with van der Waals surface area (Å²) in [7, 11) is 0. The van der Waals surface area contributed by atoms with Gasteiger partial charge >= 0.3 is 0 Å². The lowest BCUT2D eigenvalue weighted by molar-refractivity contribution is -0.127. The number of hydrogen-bond donors (Lipinski definition) is 1. The van der Waals surface area contributed by atoms with Gasteiger partial charge in [-0.25, -0.2) is 8.78 Å². The number of fused-ring (bicyclic) bond motifs is 1. The van der Waals surface area contributed by atoms with Crippen LogP contribution in [-0.4, -0.2) is 23.4 Å². The van der Waals surface area contributed by atoms with Crippen LogP contribution in [-0.2, 0) is 11.3 Å². The standard InChI is InChI=1S/C19H16F2N2O2/c20-14-3-1-2-12(8-14)17-9-13-6-11(7-15(21)18(13)25-17)10-23-5-4-16(23)19(22)24/h1-3,6-9,16H,4-5,10H2,(H2,22,24). The maximum Gasteiger partial charge on any atom is 0.234 e. The van der Waals surface area contributed by atoms with Crippen molar-refractivity contribution in [3.8, 4) is 11.3 Å². The van der Waals surface area contributed by atoms with Gasteiger partial charge in [0.05, 0.1) is 6.04 Å². The van der Waals surface area contributed by atoms with E-state index < -0.39 is 5.82 Å². The van der Waals surface area contributed by atoms with E-state index in [1.54, 1.807) is 18.2 Å². The van der Waals surface area contributed by atoms with Gasteiger partial charge in [0, 0.05) is 24.0 Å². The van der Waals surface area contributed by atoms with Crippen molar-refractivity contribution in [2.75, 3.05) is 6.54 Å². The molecule has 2 N–H and O–H groups in total. The van der Waals surface area contributed by atoms with Crippen LogP contribution < -0.4 is 5.73 Å². The number of amides is 1. The first-order chi connectivity index (χ1) is 12.0. The number of nitrogens with zero attached hydrogens (tertiary/aromatic N) is 1. The van der Waals surface area contributed by atoms with E-state index in [0.717, 1.165) is 18.5 Å². The molecule has 0 spiro atoms. The molecule has 2 heterocycles. The fourth-order valence-electron chi connectivity index (χ4n) is 3.23. The number of rotatable bonds is 4. The summed E-state index contributed by atoms with van der Waals surface area (Å²) in [6.07, 6.45) is 0.732. The average molecular weight is 342 g/mol. The minimum atomic E-state index is -0.480. The van der Waals surface area contributed by atoms with Crippen molar-refractivity contribution >= 4 is 16.9 Å². The van der Waals surface area contributed by atoms with Crippen LogP contribution in [0.2, 0.25) is 0 Å². The lowest BCUT2D eigenvalue weighted by atomic mass is 10.0. The highest BCUT2D eigenvalue weighted by molar-refractivity contribution is 5.84. The third-order valence-electron chi connectivity index (χ3n) is 4.58. The molecule has 2 aromatic carbocycles. The highest BCUT2D eigenvalue weighted by Gasteiger charge is 2.32. The largest absolute Gasteiger partial charge is 0.453 e. The van der Waals surface area contributed by atoms with Crippen molar-refractivity contribution in [3.63, 3.8) is 0 Å². The summed E-state index contributed by atoms with van der Waals surface area (Å²) in [5.74, 6) is -0.810. The van der Waals surface area contributed by atoms with Gasteiger partial charge in [-0.1, -0.05) is 12.1 Å². The third kappa shape index (κ3) is 2.89. The molecule has 3 aromatic rings. The zero-order chi connectivity index (χ0) is 17.6. The molecule has 4 rings (SSSR count). The highest BCUT2D eigenvalue weighted by Crippen LogP contribution is 2.31. The Labute approximate surface area is 142 Å². The third-order valence-corrected chi connectivity index (χ3v) is 4.58. The predicted octanol–water partition coefficient (Wildman–Crippen LogP) is 3.44. The van der Waals surface area contributed by atoms with E-state index in [4.69, 9.17) is 10.2 Å². The van der Waals surface area contributed by atoms with E-state index >= 15 is 0 Å². The van der Waals surface area contributed by atoms with Crippen LogP contribution in [0.5, 0.6) is 0 Å². The fraction of sp³-hybridized carbons (Fsp3) is 0.211. The number of carbonyl (C=O) groups is 1. The number of hydrogen-bond acceptors (Lipinski definition) is 3. The van der Waals surface area contributed by atoms with E-state index in [-0.39, 0.29) is 23.3 Å². The van der Waals surface area contributed by atoms with Crippen LogP contribution in [0, 0.1) is 11.6 Å². The molecule has 0 aliphatic carbocycles. The van der Waals surface area contributed by atoms with E-state index in [1.165, 1.54) is 18.2 Å². The molecular weight excluding hydrogens is 326 g/mol. The molecule has 25 heavy (non-hydrogen) atoms. The Hall–Kier alpha value is -2.73. The zero-order valence-corrected chi connectivity index (χ0v) is 13.3. The fourth-order valence-corrected chi connectivity index (χ4v) is 3.23. The number of carbonyl (C=O) groups excluding carboxylic acids is 1. The van der Waals surface area contributed by atoms with Gasteiger partial charge in [-0.2, -0.15) is 0 Å². The number of nitrogens with two attached hydrogens (primary N) is 1. The summed E-state index contributed by atoms with van der Waals surface area (Å²) in [5.41, 5.74) is 6.77. The van der Waals surface area contributed by atoms with Crippen molar-refractivity contribution in [1.29, 1.82) is 0 Å². The topological polar surface area (TPSA) is 59.5 Å². The summed E-state index contributed by atoms with van der Waals surface area (Å²) >= 11 is 0. The number of primary amides is 1. The molecule has 128 valence electrons. The van der Waals surface area contributed by atoms with Crippen LogP contribution in [0.25, 0.3) is 22.3 Å². The first-order valence-corrected chi connectivity index (χ1v) is 8.02. The minimum absolute atomic E-state index is 0.137. The zero-order valence-electron chi connectivity index (χ0n) is 13.3. The van der Waals surface area contributed by atoms with E-state index in [9.17, 15) is 13.6 Å². The molecule has 1 amide bonds. The first-order valence-electron chi connectivity index (χ1n) is 8.02. The van der Waals surface area contributed by atoms with Gasteiger partial charge in [-0.05, 0) is 42.3 Å². The lowest BCUT2D eigenvalue weighted by Crippen LogP contribution is -2.54. The maximum absolute atomic E-state index is 14.4. The van der Waals surface area contributed by atoms with Crippen molar-refractivity contribution in [2.45, 2.75) is 19.0 Å². The first kappa shape index (κ1) is 15.8. The Balaban J connectivity index is 1.66. The SMILES string of the molecule is NC(=O)C1CCN1Cc1cc(F)c2oc(-c3cccc(F)c3)cc2c1. The van der Waals surface area contributed by atoms with E-state index in [2.05, 4.69) is 0 Å². The van der Waals surface area contributed by atoms with Crippen LogP contribution in [0.1, 0.15) is 12.0 Å². The van der Waals surface area contributed by atoms with Gasteiger partial charge in [-0.3, -0.25) is 9.69 Å². The van der Waals surface area contributed by atoms with Crippen molar-refractivity contribution in [1.82, 2.24) is 4.90 Å². The maximum atomic E-state index is 14.4. The molecule has 1 aliphatic rings. The summed E-state index contributed by atoms with van der Waals surface area (Å²) in [6, 6.07) is 10.6. The molecule has 1 atom stereocenters. The second kappa shape index (κ2) is 5.97. The Morgan fingerprint density at radius 2 is 2.08 bits per heavy atom. The number of halogens is 2. The van der Waals surface area contributed by atoms with E-state index in [1.807, 2.05) is 11.0 Å². The second-order valence-corrected chi connectivity index (χ2v) is 6.29. The molecule has 1 fully saturated rings. The molecule has 6 heteroatoms. The normalized spacial score (nSPS) is 17.6. The summed E-state index contributed by atoms with van der Waals surface area (Å²) in [5, 5.41) is 0.602. The van der Waals surface area contributed by atoms with Crippen LogP contribution >= 0.6 is 0 Å². The van der Waals surface area contributed by atoms with Crippen LogP contribution in [0.3, 0.4) is 0 Å². The number of likely N-dealkylation sites (tertiary alicyclic amines) is 1. The molecule has 1 aromatic heterocycles. The Morgan fingerprint density at radius 1 is 1.24 bits per heavy atom. The van der Waals surface area contributed by atoms with Crippen molar-refractivity contribution in [2.24, 2.45) is 5.73 Å². The highest BCUT2D eigenvalue weighted by atomic mass is 19.1. The minimum Gasteiger partial charge on any atom is -0.453 e. The van der Waals surface area contributed by atoms with Crippen LogP contribution in [0.15, 0.2) is 46.9 Å². The average Bonchev–Trinajstić information content (AvgIpc) is 2.96. The summed E-state index contributed by atoms with van der Waals surface area (Å²) < 4.78 is 33.4. The van der Waals surface area contributed by atoms with Gasteiger partial charge in [0.15, 0.2) is 11.4 Å². The number of furan rings is 1. The molecule has 0 saturated carbocycles. The van der Waals surface area contributed by atoms with Gasteiger partial charge in [0.1, 0.15) is 11.6 Å². The molecular formula is C19H16F2N2O2. The van der Waals surface area contributed by atoms with E-state index in [0.29, 0.717) is 23.3 Å². The lowest BCUT2D eigenvalue weighted by Gasteiger charge is -2.38. The molecule has 1 saturated heterocycles. The Morgan fingerprint density at radius 3 is 2.76 bits per heavy atom. The quantitative estimate of drug-likeness (QED) is 0.790. The van der Waals surface area contributed by atoms with Gasteiger partial charge in [-0.15, -0.1) is 0 Å². The number of benzene rings is 2. The van der Waals surface area contributed by atoms with Gasteiger partial charge in [0.25, 0.3) is 0 Å². The van der Waals surface area contributed by atoms with Crippen LogP contribution in [0.4, 0.5) is 8.78 Å². The summed E-state index contributed by atoms with van der Waals surface area (Å²) in [6.45, 7) is 1.20.